The molecule has 0 saturated carbocycles. The van der Waals surface area contributed by atoms with Crippen molar-refractivity contribution in [1.29, 1.82) is 0 Å². The predicted octanol–water partition coefficient (Wildman–Crippen LogP) is 2.48. The van der Waals surface area contributed by atoms with Crippen molar-refractivity contribution in [2.45, 2.75) is 33.3 Å². The predicted molar refractivity (Wildman–Crippen MR) is 92.2 cm³/mol. The SMILES string of the molecule is C=C(NC(=NCCNC(=O)OC(C)(C)C)/C(C=O)=C\C)SC. The van der Waals surface area contributed by atoms with E-state index in [-0.39, 0.29) is 0 Å². The first-order chi connectivity index (χ1) is 10.2. The average Bonchev–Trinajstić information content (AvgIpc) is 2.42. The van der Waals surface area contributed by atoms with Gasteiger partial charge in [0.2, 0.25) is 0 Å². The Kier molecular flexibility index (Phi) is 9.24. The van der Waals surface area contributed by atoms with Gasteiger partial charge in [0.25, 0.3) is 0 Å². The van der Waals surface area contributed by atoms with Gasteiger partial charge in [0, 0.05) is 6.54 Å². The lowest BCUT2D eigenvalue weighted by atomic mass is 10.2. The quantitative estimate of drug-likeness (QED) is 0.247. The molecular formula is C15H25N3O3S. The molecule has 0 fully saturated rings. The second-order valence-electron chi connectivity index (χ2n) is 5.27. The number of carbonyl (C=O) groups is 2. The highest BCUT2D eigenvalue weighted by Gasteiger charge is 2.15. The van der Waals surface area contributed by atoms with E-state index in [2.05, 4.69) is 22.2 Å². The fourth-order valence-electron chi connectivity index (χ4n) is 1.29. The number of hydrogen-bond donors (Lipinski definition) is 2. The van der Waals surface area contributed by atoms with Crippen LogP contribution in [0.15, 0.2) is 28.2 Å². The van der Waals surface area contributed by atoms with Crippen molar-refractivity contribution in [2.24, 2.45) is 4.99 Å². The molecule has 0 aromatic heterocycles. The highest BCUT2D eigenvalue weighted by atomic mass is 32.2. The van der Waals surface area contributed by atoms with Gasteiger partial charge in [-0.3, -0.25) is 9.79 Å². The van der Waals surface area contributed by atoms with Gasteiger partial charge in [-0.15, -0.1) is 11.8 Å². The second kappa shape index (κ2) is 10.0. The standard InChI is InChI=1S/C15H25N3O3S/c1-7-12(10-19)13(18-11(2)22-6)16-8-9-17-14(20)21-15(3,4)5/h7,10H,2,8-9H2,1,3-6H3,(H,16,18)(H,17,20)/b12-7-. The van der Waals surface area contributed by atoms with Gasteiger partial charge in [0.05, 0.1) is 17.1 Å². The molecule has 0 rings (SSSR count). The zero-order valence-electron chi connectivity index (χ0n) is 13.9. The minimum Gasteiger partial charge on any atom is -0.444 e. The molecule has 0 saturated heterocycles. The molecule has 0 radical (unpaired) electrons. The number of amides is 1. The molecule has 1 amide bonds. The Bertz CT molecular complexity index is 465. The minimum absolute atomic E-state index is 0.307. The number of hydrogen-bond acceptors (Lipinski definition) is 5. The normalized spacial score (nSPS) is 12.6. The lowest BCUT2D eigenvalue weighted by Crippen LogP contribution is -2.34. The number of aldehydes is 1. The van der Waals surface area contributed by atoms with Gasteiger partial charge in [0.15, 0.2) is 6.29 Å². The maximum Gasteiger partial charge on any atom is 0.407 e. The molecular weight excluding hydrogens is 302 g/mol. The van der Waals surface area contributed by atoms with Crippen molar-refractivity contribution in [3.8, 4) is 0 Å². The van der Waals surface area contributed by atoms with Crippen LogP contribution in [-0.4, -0.2) is 43.2 Å². The van der Waals surface area contributed by atoms with Crippen LogP contribution in [0.25, 0.3) is 0 Å². The van der Waals surface area contributed by atoms with Gasteiger partial charge in [-0.05, 0) is 34.0 Å². The summed E-state index contributed by atoms with van der Waals surface area (Å²) in [5.74, 6) is 0.433. The smallest absolute Gasteiger partial charge is 0.407 e. The molecule has 0 aromatic rings. The number of aliphatic imine (C=N–C) groups is 1. The molecule has 22 heavy (non-hydrogen) atoms. The van der Waals surface area contributed by atoms with Crippen molar-refractivity contribution < 1.29 is 14.3 Å². The number of amidine groups is 1. The zero-order valence-corrected chi connectivity index (χ0v) is 14.7. The molecule has 0 bridgehead atoms. The van der Waals surface area contributed by atoms with E-state index in [0.29, 0.717) is 29.5 Å². The number of nitrogens with zero attached hydrogens (tertiary/aromatic N) is 1. The van der Waals surface area contributed by atoms with Crippen LogP contribution in [0.4, 0.5) is 4.79 Å². The van der Waals surface area contributed by atoms with Crippen LogP contribution in [0.5, 0.6) is 0 Å². The molecule has 124 valence electrons. The molecule has 0 heterocycles. The summed E-state index contributed by atoms with van der Waals surface area (Å²) in [6, 6.07) is 0. The number of alkyl carbamates (subject to hydrolysis) is 1. The zero-order chi connectivity index (χ0) is 17.2. The van der Waals surface area contributed by atoms with Crippen molar-refractivity contribution in [3.05, 3.63) is 23.3 Å². The van der Waals surface area contributed by atoms with E-state index in [9.17, 15) is 9.59 Å². The van der Waals surface area contributed by atoms with Gasteiger partial charge >= 0.3 is 6.09 Å². The van der Waals surface area contributed by atoms with Gasteiger partial charge < -0.3 is 15.4 Å². The van der Waals surface area contributed by atoms with E-state index in [0.717, 1.165) is 6.29 Å². The van der Waals surface area contributed by atoms with Crippen LogP contribution >= 0.6 is 11.8 Å². The molecule has 2 N–H and O–H groups in total. The molecule has 6 nitrogen and oxygen atoms in total. The van der Waals surface area contributed by atoms with Crippen LogP contribution in [0.1, 0.15) is 27.7 Å². The molecule has 0 aromatic carbocycles. The first kappa shape index (κ1) is 20.2. The molecule has 0 aliphatic heterocycles. The average molecular weight is 327 g/mol. The fraction of sp³-hybridized carbons (Fsp3) is 0.533. The van der Waals surface area contributed by atoms with Crippen molar-refractivity contribution >= 4 is 30.0 Å². The highest BCUT2D eigenvalue weighted by Crippen LogP contribution is 2.07. The van der Waals surface area contributed by atoms with Crippen molar-refractivity contribution in [2.75, 3.05) is 19.3 Å². The Balaban J connectivity index is 4.57. The maximum absolute atomic E-state index is 11.5. The monoisotopic (exact) mass is 327 g/mol. The van der Waals surface area contributed by atoms with E-state index in [1.165, 1.54) is 11.8 Å². The Hall–Kier alpha value is -1.76. The third kappa shape index (κ3) is 9.23. The third-order valence-corrected chi connectivity index (χ3v) is 2.86. The van der Waals surface area contributed by atoms with Crippen LogP contribution < -0.4 is 10.6 Å². The van der Waals surface area contributed by atoms with Gasteiger partial charge in [0.1, 0.15) is 11.4 Å². The van der Waals surface area contributed by atoms with E-state index in [1.807, 2.05) is 6.26 Å². The summed E-state index contributed by atoms with van der Waals surface area (Å²) in [5, 5.41) is 6.26. The molecule has 0 unspecified atom stereocenters. The van der Waals surface area contributed by atoms with Crippen LogP contribution in [0.2, 0.25) is 0 Å². The summed E-state index contributed by atoms with van der Waals surface area (Å²) < 4.78 is 5.12. The van der Waals surface area contributed by atoms with Crippen LogP contribution in [0, 0.1) is 0 Å². The van der Waals surface area contributed by atoms with E-state index in [4.69, 9.17) is 4.74 Å². The van der Waals surface area contributed by atoms with E-state index < -0.39 is 11.7 Å². The number of ether oxygens (including phenoxy) is 1. The Labute approximate surface area is 136 Å². The van der Waals surface area contributed by atoms with E-state index >= 15 is 0 Å². The number of rotatable bonds is 7. The summed E-state index contributed by atoms with van der Waals surface area (Å²) in [6.45, 7) is 11.6. The number of thioether (sulfide) groups is 1. The van der Waals surface area contributed by atoms with Gasteiger partial charge in [-0.25, -0.2) is 4.79 Å². The summed E-state index contributed by atoms with van der Waals surface area (Å²) >= 11 is 1.42. The number of allylic oxidation sites excluding steroid dienone is 1. The van der Waals surface area contributed by atoms with Crippen molar-refractivity contribution in [3.63, 3.8) is 0 Å². The molecule has 0 aliphatic carbocycles. The summed E-state index contributed by atoms with van der Waals surface area (Å²) in [5.41, 5.74) is -0.0984. The lowest BCUT2D eigenvalue weighted by Gasteiger charge is -2.19. The Morgan fingerprint density at radius 3 is 2.50 bits per heavy atom. The number of carbonyl (C=O) groups excluding carboxylic acids is 2. The van der Waals surface area contributed by atoms with Crippen LogP contribution in [-0.2, 0) is 9.53 Å². The highest BCUT2D eigenvalue weighted by molar-refractivity contribution is 8.02. The van der Waals surface area contributed by atoms with Gasteiger partial charge in [-0.2, -0.15) is 0 Å². The topological polar surface area (TPSA) is 79.8 Å². The number of nitrogens with one attached hydrogen (secondary N) is 2. The summed E-state index contributed by atoms with van der Waals surface area (Å²) in [6.07, 6.45) is 3.76. The maximum atomic E-state index is 11.5. The Morgan fingerprint density at radius 2 is 2.05 bits per heavy atom. The largest absolute Gasteiger partial charge is 0.444 e. The van der Waals surface area contributed by atoms with Gasteiger partial charge in [-0.1, -0.05) is 12.7 Å². The molecule has 7 heteroatoms. The first-order valence-electron chi connectivity index (χ1n) is 6.86. The van der Waals surface area contributed by atoms with Crippen LogP contribution in [0.3, 0.4) is 0 Å². The Morgan fingerprint density at radius 1 is 1.41 bits per heavy atom. The molecule has 0 atom stereocenters. The third-order valence-electron chi connectivity index (χ3n) is 2.27. The summed E-state index contributed by atoms with van der Waals surface area (Å²) in [7, 11) is 0. The molecule has 0 aliphatic rings. The molecule has 0 spiro atoms. The minimum atomic E-state index is -0.536. The lowest BCUT2D eigenvalue weighted by molar-refractivity contribution is -0.104. The van der Waals surface area contributed by atoms with Crippen molar-refractivity contribution in [1.82, 2.24) is 10.6 Å². The second-order valence-corrected chi connectivity index (χ2v) is 6.17. The van der Waals surface area contributed by atoms with E-state index in [1.54, 1.807) is 33.8 Å². The fourth-order valence-corrected chi connectivity index (χ4v) is 1.49. The first-order valence-corrected chi connectivity index (χ1v) is 8.09. The summed E-state index contributed by atoms with van der Waals surface area (Å²) in [4.78, 5) is 26.8.